The monoisotopic (exact) mass is 421 g/mol. The summed E-state index contributed by atoms with van der Waals surface area (Å²) >= 11 is 1.55. The Bertz CT molecular complexity index is 1120. The Balaban J connectivity index is 1.31. The Morgan fingerprint density at radius 1 is 1.17 bits per heavy atom. The van der Waals surface area contributed by atoms with Gasteiger partial charge < -0.3 is 9.84 Å². The van der Waals surface area contributed by atoms with Gasteiger partial charge in [0.2, 0.25) is 17.6 Å². The Hall–Kier alpha value is -3.26. The predicted molar refractivity (Wildman–Crippen MR) is 115 cm³/mol. The molecule has 154 valence electrons. The van der Waals surface area contributed by atoms with Crippen molar-refractivity contribution in [2.45, 2.75) is 39.8 Å². The largest absolute Gasteiger partial charge is 0.352 e. The molecule has 0 spiro atoms. The number of thiophene rings is 1. The topological polar surface area (TPSA) is 85.8 Å². The maximum Gasteiger partial charge on any atom is 0.227 e. The summed E-state index contributed by atoms with van der Waals surface area (Å²) in [6.07, 6.45) is 0.706. The molecule has 0 saturated carbocycles. The number of amides is 1. The van der Waals surface area contributed by atoms with Crippen molar-refractivity contribution in [2.75, 3.05) is 0 Å². The van der Waals surface area contributed by atoms with Crippen molar-refractivity contribution in [3.63, 3.8) is 0 Å². The molecule has 0 unspecified atom stereocenters. The number of nitrogens with one attached hydrogen (secondary N) is 1. The minimum Gasteiger partial charge on any atom is -0.352 e. The first kappa shape index (κ1) is 20.0. The normalized spacial score (nSPS) is 11.0. The highest BCUT2D eigenvalue weighted by atomic mass is 32.1. The number of rotatable bonds is 8. The number of carbonyl (C=O) groups is 1. The molecule has 7 nitrogen and oxygen atoms in total. The van der Waals surface area contributed by atoms with E-state index in [0.717, 1.165) is 21.8 Å². The van der Waals surface area contributed by atoms with Gasteiger partial charge in [-0.25, -0.2) is 0 Å². The highest BCUT2D eigenvalue weighted by molar-refractivity contribution is 7.13. The second-order valence-corrected chi connectivity index (χ2v) is 8.01. The van der Waals surface area contributed by atoms with Gasteiger partial charge in [-0.1, -0.05) is 41.6 Å². The van der Waals surface area contributed by atoms with Gasteiger partial charge in [-0.2, -0.15) is 10.1 Å². The lowest BCUT2D eigenvalue weighted by Gasteiger charge is -2.07. The molecule has 0 radical (unpaired) electrons. The summed E-state index contributed by atoms with van der Waals surface area (Å²) in [6, 6.07) is 14.1. The number of hydrogen-bond acceptors (Lipinski definition) is 6. The van der Waals surface area contributed by atoms with E-state index in [1.165, 1.54) is 5.56 Å². The van der Waals surface area contributed by atoms with Crippen LogP contribution >= 0.6 is 11.3 Å². The van der Waals surface area contributed by atoms with Gasteiger partial charge in [0.15, 0.2) is 0 Å². The van der Waals surface area contributed by atoms with Crippen LogP contribution in [0.5, 0.6) is 0 Å². The van der Waals surface area contributed by atoms with Crippen LogP contribution < -0.4 is 5.32 Å². The molecular weight excluding hydrogens is 398 g/mol. The molecule has 0 saturated heterocycles. The van der Waals surface area contributed by atoms with Crippen LogP contribution in [0.15, 0.2) is 52.4 Å². The van der Waals surface area contributed by atoms with E-state index in [1.807, 2.05) is 54.2 Å². The van der Waals surface area contributed by atoms with E-state index in [-0.39, 0.29) is 5.91 Å². The highest BCUT2D eigenvalue weighted by Crippen LogP contribution is 2.21. The van der Waals surface area contributed by atoms with Crippen LogP contribution in [0, 0.1) is 13.8 Å². The van der Waals surface area contributed by atoms with E-state index >= 15 is 0 Å². The van der Waals surface area contributed by atoms with Crippen LogP contribution in [-0.4, -0.2) is 25.8 Å². The fraction of sp³-hybridized carbons (Fsp3) is 0.273. The predicted octanol–water partition coefficient (Wildman–Crippen LogP) is 3.91. The Morgan fingerprint density at radius 2 is 2.00 bits per heavy atom. The van der Waals surface area contributed by atoms with Crippen LogP contribution in [-0.2, 0) is 24.3 Å². The number of aromatic nitrogens is 4. The molecule has 0 bridgehead atoms. The third-order valence-corrected chi connectivity index (χ3v) is 5.81. The Labute approximate surface area is 178 Å². The molecular formula is C22H23N5O2S. The summed E-state index contributed by atoms with van der Waals surface area (Å²) in [5.74, 6) is 0.981. The van der Waals surface area contributed by atoms with Crippen LogP contribution in [0.4, 0.5) is 0 Å². The summed E-state index contributed by atoms with van der Waals surface area (Å²) < 4.78 is 7.23. The first-order valence-electron chi connectivity index (χ1n) is 9.80. The van der Waals surface area contributed by atoms with Gasteiger partial charge in [-0.3, -0.25) is 9.48 Å². The Kier molecular flexibility index (Phi) is 6.04. The average Bonchev–Trinajstić information content (AvgIpc) is 3.48. The summed E-state index contributed by atoms with van der Waals surface area (Å²) in [5, 5.41) is 13.6. The average molecular weight is 422 g/mol. The molecule has 4 aromatic rings. The lowest BCUT2D eigenvalue weighted by Crippen LogP contribution is -2.23. The zero-order valence-electron chi connectivity index (χ0n) is 17.0. The van der Waals surface area contributed by atoms with Crippen molar-refractivity contribution in [1.82, 2.24) is 25.2 Å². The van der Waals surface area contributed by atoms with Gasteiger partial charge in [0, 0.05) is 30.6 Å². The summed E-state index contributed by atoms with van der Waals surface area (Å²) in [7, 11) is 0. The zero-order valence-corrected chi connectivity index (χ0v) is 17.8. The molecule has 0 aliphatic rings. The van der Waals surface area contributed by atoms with Gasteiger partial charge in [0.1, 0.15) is 0 Å². The van der Waals surface area contributed by atoms with Crippen LogP contribution in [0.25, 0.3) is 10.7 Å². The Morgan fingerprint density at radius 3 is 2.77 bits per heavy atom. The lowest BCUT2D eigenvalue weighted by atomic mass is 10.2. The third kappa shape index (κ3) is 4.65. The van der Waals surface area contributed by atoms with Crippen molar-refractivity contribution in [2.24, 2.45) is 0 Å². The van der Waals surface area contributed by atoms with E-state index < -0.39 is 0 Å². The first-order valence-corrected chi connectivity index (χ1v) is 10.7. The number of carbonyl (C=O) groups excluding carboxylic acids is 1. The lowest BCUT2D eigenvalue weighted by molar-refractivity contribution is -0.121. The van der Waals surface area contributed by atoms with Crippen molar-refractivity contribution in [3.8, 4) is 10.7 Å². The van der Waals surface area contributed by atoms with Crippen molar-refractivity contribution in [3.05, 3.63) is 76.3 Å². The number of benzene rings is 1. The second-order valence-electron chi connectivity index (χ2n) is 7.06. The van der Waals surface area contributed by atoms with Gasteiger partial charge in [0.25, 0.3) is 0 Å². The quantitative estimate of drug-likeness (QED) is 0.466. The standard InChI is InChI=1S/C22H23N5O2S/c1-15-18(16(2)27(25-15)14-17-7-4-3-5-8-17)13-23-20(28)10-11-21-24-22(26-29-21)19-9-6-12-30-19/h3-9,12H,10-11,13-14H2,1-2H3,(H,23,28). The molecule has 0 aliphatic carbocycles. The summed E-state index contributed by atoms with van der Waals surface area (Å²) in [5.41, 5.74) is 4.24. The minimum atomic E-state index is -0.0551. The molecule has 8 heteroatoms. The number of nitrogens with zero attached hydrogens (tertiary/aromatic N) is 4. The maximum atomic E-state index is 12.3. The molecule has 30 heavy (non-hydrogen) atoms. The molecule has 1 aromatic carbocycles. The van der Waals surface area contributed by atoms with Crippen LogP contribution in [0.3, 0.4) is 0 Å². The SMILES string of the molecule is Cc1nn(Cc2ccccc2)c(C)c1CNC(=O)CCc1nc(-c2cccs2)no1. The van der Waals surface area contributed by atoms with Gasteiger partial charge in [-0.05, 0) is 30.9 Å². The maximum absolute atomic E-state index is 12.3. The molecule has 0 atom stereocenters. The molecule has 1 N–H and O–H groups in total. The number of hydrogen-bond donors (Lipinski definition) is 1. The molecule has 3 aromatic heterocycles. The minimum absolute atomic E-state index is 0.0551. The van der Waals surface area contributed by atoms with E-state index in [0.29, 0.717) is 37.6 Å². The molecule has 3 heterocycles. The van der Waals surface area contributed by atoms with E-state index in [2.05, 4.69) is 32.7 Å². The fourth-order valence-corrected chi connectivity index (χ4v) is 3.91. The van der Waals surface area contributed by atoms with Crippen molar-refractivity contribution >= 4 is 17.2 Å². The van der Waals surface area contributed by atoms with Crippen molar-refractivity contribution in [1.29, 1.82) is 0 Å². The van der Waals surface area contributed by atoms with Gasteiger partial charge in [-0.15, -0.1) is 11.3 Å². The van der Waals surface area contributed by atoms with Crippen molar-refractivity contribution < 1.29 is 9.32 Å². The smallest absolute Gasteiger partial charge is 0.227 e. The van der Waals surface area contributed by atoms with Gasteiger partial charge >= 0.3 is 0 Å². The number of aryl methyl sites for hydroxylation is 2. The zero-order chi connectivity index (χ0) is 20.9. The van der Waals surface area contributed by atoms with Crippen LogP contribution in [0.1, 0.15) is 34.8 Å². The highest BCUT2D eigenvalue weighted by Gasteiger charge is 2.14. The second kappa shape index (κ2) is 9.04. The molecule has 0 fully saturated rings. The van der Waals surface area contributed by atoms with Crippen LogP contribution in [0.2, 0.25) is 0 Å². The van der Waals surface area contributed by atoms with Gasteiger partial charge in [0.05, 0.1) is 17.1 Å². The third-order valence-electron chi connectivity index (χ3n) is 4.94. The molecule has 1 amide bonds. The summed E-state index contributed by atoms with van der Waals surface area (Å²) in [4.78, 5) is 17.6. The summed E-state index contributed by atoms with van der Waals surface area (Å²) in [6.45, 7) is 5.18. The van der Waals surface area contributed by atoms with E-state index in [1.54, 1.807) is 11.3 Å². The van der Waals surface area contributed by atoms with E-state index in [9.17, 15) is 4.79 Å². The first-order chi connectivity index (χ1) is 14.6. The fourth-order valence-electron chi connectivity index (χ4n) is 3.26. The van der Waals surface area contributed by atoms with E-state index in [4.69, 9.17) is 4.52 Å². The molecule has 4 rings (SSSR count). The molecule has 0 aliphatic heterocycles.